The predicted octanol–water partition coefficient (Wildman–Crippen LogP) is 2.12. The Bertz CT molecular complexity index is 975. The van der Waals surface area contributed by atoms with E-state index >= 15 is 0 Å². The largest absolute Gasteiger partial charge is 0.497 e. The molecule has 0 bridgehead atoms. The topological polar surface area (TPSA) is 87.8 Å². The fourth-order valence-electron chi connectivity index (χ4n) is 3.59. The fraction of sp³-hybridized carbons (Fsp3) is 0.273. The van der Waals surface area contributed by atoms with Gasteiger partial charge in [-0.15, -0.1) is 0 Å². The van der Waals surface area contributed by atoms with E-state index in [1.807, 2.05) is 54.6 Å². The van der Waals surface area contributed by atoms with Crippen LogP contribution in [-0.4, -0.2) is 63.2 Å². The molecule has 1 aromatic heterocycles. The maximum absolute atomic E-state index is 13.0. The molecular formula is C22H23N3O4. The number of ether oxygens (including phenoxy) is 1. The molecule has 3 aromatic rings. The van der Waals surface area contributed by atoms with Crippen LogP contribution in [0, 0.1) is 0 Å². The first-order chi connectivity index (χ1) is 14.0. The third kappa shape index (κ3) is 4.01. The van der Waals surface area contributed by atoms with E-state index in [-0.39, 0.29) is 31.1 Å². The monoisotopic (exact) mass is 393 g/mol. The Balaban J connectivity index is 1.74. The van der Waals surface area contributed by atoms with Crippen LogP contribution in [0.3, 0.4) is 0 Å². The second-order valence-corrected chi connectivity index (χ2v) is 7.14. The number of aliphatic hydroxyl groups excluding tert-OH is 2. The Morgan fingerprint density at radius 3 is 2.31 bits per heavy atom. The van der Waals surface area contributed by atoms with Crippen molar-refractivity contribution >= 4 is 5.91 Å². The Hall–Kier alpha value is -3.16. The van der Waals surface area contributed by atoms with Crippen LogP contribution in [-0.2, 0) is 0 Å². The van der Waals surface area contributed by atoms with Gasteiger partial charge in [-0.2, -0.15) is 5.10 Å². The zero-order valence-corrected chi connectivity index (χ0v) is 16.1. The number of piperidine rings is 1. The average molecular weight is 393 g/mol. The minimum Gasteiger partial charge on any atom is -0.497 e. The molecule has 7 heteroatoms. The van der Waals surface area contributed by atoms with Crippen LogP contribution in [0.15, 0.2) is 60.7 Å². The molecule has 2 N–H and O–H groups in total. The quantitative estimate of drug-likeness (QED) is 0.709. The molecule has 1 fully saturated rings. The molecule has 1 saturated heterocycles. The summed E-state index contributed by atoms with van der Waals surface area (Å²) in [7, 11) is 1.61. The summed E-state index contributed by atoms with van der Waals surface area (Å²) in [4.78, 5) is 14.5. The number of amides is 1. The normalized spacial score (nSPS) is 19.2. The molecule has 0 aliphatic carbocycles. The van der Waals surface area contributed by atoms with Crippen molar-refractivity contribution in [3.8, 4) is 22.7 Å². The number of hydrogen-bond donors (Lipinski definition) is 2. The van der Waals surface area contributed by atoms with Crippen molar-refractivity contribution in [3.63, 3.8) is 0 Å². The summed E-state index contributed by atoms with van der Waals surface area (Å²) in [6, 6.07) is 18.9. The molecule has 2 heterocycles. The number of rotatable bonds is 4. The van der Waals surface area contributed by atoms with E-state index in [0.717, 1.165) is 22.7 Å². The third-order valence-electron chi connectivity index (χ3n) is 5.01. The third-order valence-corrected chi connectivity index (χ3v) is 5.01. The van der Waals surface area contributed by atoms with E-state index in [2.05, 4.69) is 5.10 Å². The van der Waals surface area contributed by atoms with Gasteiger partial charge in [0.25, 0.3) is 5.91 Å². The number of carbonyl (C=O) groups excluding carboxylic acids is 1. The Labute approximate surface area is 168 Å². The predicted molar refractivity (Wildman–Crippen MR) is 108 cm³/mol. The molecule has 4 rings (SSSR count). The number of nitrogens with zero attached hydrogens (tertiary/aromatic N) is 3. The first-order valence-corrected chi connectivity index (χ1v) is 9.50. The first-order valence-electron chi connectivity index (χ1n) is 9.50. The minimum atomic E-state index is -0.736. The van der Waals surface area contributed by atoms with Crippen molar-refractivity contribution in [2.45, 2.75) is 18.6 Å². The fourth-order valence-corrected chi connectivity index (χ4v) is 3.59. The lowest BCUT2D eigenvalue weighted by Gasteiger charge is -2.32. The lowest BCUT2D eigenvalue weighted by molar-refractivity contribution is -0.00410. The number of β-amino-alcohol motifs (C(OH)–C–C–N with tert-alkyl or cyclic N) is 2. The van der Waals surface area contributed by atoms with Crippen LogP contribution in [0.25, 0.3) is 16.9 Å². The zero-order chi connectivity index (χ0) is 20.4. The standard InChI is InChI=1S/C22H23N3O4/c1-29-19-9-7-16(8-10-19)25-21(15-5-3-2-4-6-15)12-20(23-25)22(28)24-13-17(26)11-18(27)14-24/h2-10,12,17-18,26-27H,11,13-14H2,1H3/t17-,18-/m1/s1. The van der Waals surface area contributed by atoms with Gasteiger partial charge in [-0.05, 0) is 30.3 Å². The number of likely N-dealkylation sites (tertiary alicyclic amines) is 1. The summed E-state index contributed by atoms with van der Waals surface area (Å²) in [6.45, 7) is 0.373. The molecule has 2 atom stereocenters. The summed E-state index contributed by atoms with van der Waals surface area (Å²) in [5.41, 5.74) is 2.76. The molecular weight excluding hydrogens is 370 g/mol. The van der Waals surface area contributed by atoms with Crippen LogP contribution in [0.2, 0.25) is 0 Å². The van der Waals surface area contributed by atoms with Crippen LogP contribution >= 0.6 is 0 Å². The Morgan fingerprint density at radius 1 is 1.03 bits per heavy atom. The first kappa shape index (κ1) is 19.2. The van der Waals surface area contributed by atoms with Crippen molar-refractivity contribution in [2.24, 2.45) is 0 Å². The van der Waals surface area contributed by atoms with E-state index in [4.69, 9.17) is 4.74 Å². The van der Waals surface area contributed by atoms with E-state index in [0.29, 0.717) is 0 Å². The second-order valence-electron chi connectivity index (χ2n) is 7.14. The van der Waals surface area contributed by atoms with Gasteiger partial charge in [0.15, 0.2) is 5.69 Å². The van der Waals surface area contributed by atoms with Gasteiger partial charge in [0.1, 0.15) is 5.75 Å². The van der Waals surface area contributed by atoms with Crippen molar-refractivity contribution in [1.82, 2.24) is 14.7 Å². The summed E-state index contributed by atoms with van der Waals surface area (Å²) < 4.78 is 6.95. The summed E-state index contributed by atoms with van der Waals surface area (Å²) in [6.07, 6.45) is -1.20. The highest BCUT2D eigenvalue weighted by molar-refractivity contribution is 5.93. The highest BCUT2D eigenvalue weighted by atomic mass is 16.5. The molecule has 1 aliphatic rings. The number of hydrogen-bond acceptors (Lipinski definition) is 5. The van der Waals surface area contributed by atoms with Crippen LogP contribution in [0.4, 0.5) is 0 Å². The van der Waals surface area contributed by atoms with E-state index in [1.165, 1.54) is 4.90 Å². The minimum absolute atomic E-state index is 0.186. The molecule has 7 nitrogen and oxygen atoms in total. The molecule has 29 heavy (non-hydrogen) atoms. The average Bonchev–Trinajstić information content (AvgIpc) is 3.18. The number of carbonyl (C=O) groups is 1. The molecule has 2 aromatic carbocycles. The molecule has 1 amide bonds. The Kier molecular flexibility index (Phi) is 5.33. The van der Waals surface area contributed by atoms with Gasteiger partial charge in [0.2, 0.25) is 0 Å². The lowest BCUT2D eigenvalue weighted by Crippen LogP contribution is -2.48. The number of aliphatic hydroxyl groups is 2. The van der Waals surface area contributed by atoms with Crippen LogP contribution in [0.5, 0.6) is 5.75 Å². The molecule has 1 aliphatic heterocycles. The smallest absolute Gasteiger partial charge is 0.274 e. The number of benzene rings is 2. The summed E-state index contributed by atoms with van der Waals surface area (Å²) >= 11 is 0. The molecule has 0 spiro atoms. The second kappa shape index (κ2) is 8.06. The van der Waals surface area contributed by atoms with Gasteiger partial charge in [-0.1, -0.05) is 30.3 Å². The van der Waals surface area contributed by atoms with Gasteiger partial charge in [-0.3, -0.25) is 4.79 Å². The maximum Gasteiger partial charge on any atom is 0.274 e. The lowest BCUT2D eigenvalue weighted by atomic mass is 10.1. The molecule has 0 unspecified atom stereocenters. The van der Waals surface area contributed by atoms with E-state index < -0.39 is 12.2 Å². The molecule has 150 valence electrons. The summed E-state index contributed by atoms with van der Waals surface area (Å²) in [5.74, 6) is 0.419. The van der Waals surface area contributed by atoms with Crippen LogP contribution in [0.1, 0.15) is 16.9 Å². The van der Waals surface area contributed by atoms with Crippen molar-refractivity contribution < 1.29 is 19.7 Å². The van der Waals surface area contributed by atoms with Gasteiger partial charge < -0.3 is 19.8 Å². The van der Waals surface area contributed by atoms with Gasteiger partial charge >= 0.3 is 0 Å². The Morgan fingerprint density at radius 2 is 1.69 bits per heavy atom. The van der Waals surface area contributed by atoms with Gasteiger partial charge in [0.05, 0.1) is 30.7 Å². The van der Waals surface area contributed by atoms with Crippen LogP contribution < -0.4 is 4.74 Å². The maximum atomic E-state index is 13.0. The molecule has 0 radical (unpaired) electrons. The summed E-state index contributed by atoms with van der Waals surface area (Å²) in [5, 5.41) is 24.4. The zero-order valence-electron chi connectivity index (χ0n) is 16.1. The molecule has 0 saturated carbocycles. The van der Waals surface area contributed by atoms with Crippen molar-refractivity contribution in [1.29, 1.82) is 0 Å². The van der Waals surface area contributed by atoms with E-state index in [1.54, 1.807) is 17.9 Å². The number of methoxy groups -OCH3 is 1. The van der Waals surface area contributed by atoms with Crippen molar-refractivity contribution in [2.75, 3.05) is 20.2 Å². The highest BCUT2D eigenvalue weighted by Gasteiger charge is 2.30. The number of aromatic nitrogens is 2. The van der Waals surface area contributed by atoms with Gasteiger partial charge in [-0.25, -0.2) is 4.68 Å². The SMILES string of the molecule is COc1ccc(-n2nc(C(=O)N3C[C@H](O)C[C@@H](O)C3)cc2-c2ccccc2)cc1. The van der Waals surface area contributed by atoms with E-state index in [9.17, 15) is 15.0 Å². The van der Waals surface area contributed by atoms with Gasteiger partial charge in [0, 0.05) is 25.1 Å². The highest BCUT2D eigenvalue weighted by Crippen LogP contribution is 2.26. The van der Waals surface area contributed by atoms with Crippen molar-refractivity contribution in [3.05, 3.63) is 66.4 Å².